The Morgan fingerprint density at radius 1 is 1.15 bits per heavy atom. The SMILES string of the molecule is Cc1ccc(O[C@@H]2CCN(S(=O)(=O)c3ccc4c(c3)OCCO4)C2)cn1. The average Bonchev–Trinajstić information content (AvgIpc) is 3.12. The lowest BCUT2D eigenvalue weighted by Gasteiger charge is -2.21. The fourth-order valence-corrected chi connectivity index (χ4v) is 4.56. The quantitative estimate of drug-likeness (QED) is 0.812. The van der Waals surface area contributed by atoms with Crippen molar-refractivity contribution in [2.75, 3.05) is 26.3 Å². The maximum Gasteiger partial charge on any atom is 0.243 e. The Morgan fingerprint density at radius 2 is 1.96 bits per heavy atom. The van der Waals surface area contributed by atoms with E-state index >= 15 is 0 Å². The molecule has 0 bridgehead atoms. The van der Waals surface area contributed by atoms with Crippen LogP contribution in [0, 0.1) is 6.92 Å². The fraction of sp³-hybridized carbons (Fsp3) is 0.389. The van der Waals surface area contributed by atoms with Crippen molar-refractivity contribution in [3.8, 4) is 17.2 Å². The van der Waals surface area contributed by atoms with Crippen LogP contribution in [0.5, 0.6) is 17.2 Å². The Morgan fingerprint density at radius 3 is 2.73 bits per heavy atom. The number of benzene rings is 1. The second-order valence-electron chi connectivity index (χ2n) is 6.33. The molecule has 138 valence electrons. The number of nitrogens with zero attached hydrogens (tertiary/aromatic N) is 2. The minimum Gasteiger partial charge on any atom is -0.487 e. The predicted molar refractivity (Wildman–Crippen MR) is 94.2 cm³/mol. The Hall–Kier alpha value is -2.32. The maximum absolute atomic E-state index is 12.9. The number of sulfonamides is 1. The molecule has 2 aliphatic heterocycles. The van der Waals surface area contributed by atoms with Gasteiger partial charge in [-0.05, 0) is 37.6 Å². The first-order valence-electron chi connectivity index (χ1n) is 8.51. The van der Waals surface area contributed by atoms with Crippen LogP contribution < -0.4 is 14.2 Å². The van der Waals surface area contributed by atoms with E-state index in [-0.39, 0.29) is 11.0 Å². The molecule has 1 saturated heterocycles. The number of pyridine rings is 1. The summed E-state index contributed by atoms with van der Waals surface area (Å²) in [5.74, 6) is 1.69. The summed E-state index contributed by atoms with van der Waals surface area (Å²) < 4.78 is 44.1. The van der Waals surface area contributed by atoms with Crippen molar-refractivity contribution in [2.24, 2.45) is 0 Å². The standard InChI is InChI=1S/C18H20N2O5S/c1-13-2-3-14(11-19-13)25-15-6-7-20(12-15)26(21,22)16-4-5-17-18(10-16)24-9-8-23-17/h2-5,10-11,15H,6-9,12H2,1H3/t15-/m1/s1. The molecular weight excluding hydrogens is 356 g/mol. The molecule has 1 fully saturated rings. The minimum atomic E-state index is -3.60. The lowest BCUT2D eigenvalue weighted by atomic mass is 10.3. The molecule has 4 rings (SSSR count). The highest BCUT2D eigenvalue weighted by atomic mass is 32.2. The topological polar surface area (TPSA) is 78.0 Å². The molecule has 0 unspecified atom stereocenters. The fourth-order valence-electron chi connectivity index (χ4n) is 3.06. The van der Waals surface area contributed by atoms with Gasteiger partial charge in [-0.3, -0.25) is 4.98 Å². The molecule has 2 aliphatic rings. The second kappa shape index (κ2) is 6.77. The monoisotopic (exact) mass is 376 g/mol. The molecule has 1 atom stereocenters. The van der Waals surface area contributed by atoms with Gasteiger partial charge in [0.05, 0.1) is 17.6 Å². The summed E-state index contributed by atoms with van der Waals surface area (Å²) in [7, 11) is -3.60. The zero-order valence-corrected chi connectivity index (χ0v) is 15.2. The average molecular weight is 376 g/mol. The van der Waals surface area contributed by atoms with Gasteiger partial charge in [0, 0.05) is 18.3 Å². The number of ether oxygens (including phenoxy) is 3. The molecule has 0 radical (unpaired) electrons. The van der Waals surface area contributed by atoms with E-state index < -0.39 is 10.0 Å². The largest absolute Gasteiger partial charge is 0.487 e. The molecule has 8 heteroatoms. The predicted octanol–water partition coefficient (Wildman–Crippen LogP) is 2.00. The first-order chi connectivity index (χ1) is 12.5. The van der Waals surface area contributed by atoms with Gasteiger partial charge in [0.25, 0.3) is 0 Å². The van der Waals surface area contributed by atoms with E-state index in [4.69, 9.17) is 14.2 Å². The molecule has 0 amide bonds. The first-order valence-corrected chi connectivity index (χ1v) is 9.95. The number of aryl methyl sites for hydroxylation is 1. The molecule has 1 aromatic carbocycles. The Balaban J connectivity index is 1.48. The molecule has 0 aliphatic carbocycles. The Labute approximate surface area is 152 Å². The first kappa shape index (κ1) is 17.1. The van der Waals surface area contributed by atoms with Crippen molar-refractivity contribution in [3.63, 3.8) is 0 Å². The Kier molecular flexibility index (Phi) is 4.46. The van der Waals surface area contributed by atoms with Crippen molar-refractivity contribution in [1.82, 2.24) is 9.29 Å². The van der Waals surface area contributed by atoms with Crippen molar-refractivity contribution in [1.29, 1.82) is 0 Å². The van der Waals surface area contributed by atoms with Crippen molar-refractivity contribution >= 4 is 10.0 Å². The van der Waals surface area contributed by atoms with Crippen LogP contribution in [-0.4, -0.2) is 50.1 Å². The number of hydrogen-bond donors (Lipinski definition) is 0. The van der Waals surface area contributed by atoms with Gasteiger partial charge in [-0.15, -0.1) is 0 Å². The number of hydrogen-bond acceptors (Lipinski definition) is 6. The summed E-state index contributed by atoms with van der Waals surface area (Å²) in [5.41, 5.74) is 0.909. The Bertz CT molecular complexity index is 898. The molecule has 0 saturated carbocycles. The second-order valence-corrected chi connectivity index (χ2v) is 8.27. The van der Waals surface area contributed by atoms with E-state index in [1.54, 1.807) is 18.3 Å². The van der Waals surface area contributed by atoms with Crippen LogP contribution in [-0.2, 0) is 10.0 Å². The van der Waals surface area contributed by atoms with Gasteiger partial charge < -0.3 is 14.2 Å². The van der Waals surface area contributed by atoms with Crippen molar-refractivity contribution in [3.05, 3.63) is 42.2 Å². The van der Waals surface area contributed by atoms with Crippen LogP contribution >= 0.6 is 0 Å². The molecule has 26 heavy (non-hydrogen) atoms. The van der Waals surface area contributed by atoms with Gasteiger partial charge >= 0.3 is 0 Å². The summed E-state index contributed by atoms with van der Waals surface area (Å²) >= 11 is 0. The number of fused-ring (bicyclic) bond motifs is 1. The van der Waals surface area contributed by atoms with Crippen LogP contribution in [0.4, 0.5) is 0 Å². The third-order valence-corrected chi connectivity index (χ3v) is 6.31. The van der Waals surface area contributed by atoms with E-state index in [0.29, 0.717) is 50.0 Å². The highest BCUT2D eigenvalue weighted by molar-refractivity contribution is 7.89. The smallest absolute Gasteiger partial charge is 0.243 e. The molecule has 3 heterocycles. The summed E-state index contributed by atoms with van der Waals surface area (Å²) in [6, 6.07) is 8.44. The summed E-state index contributed by atoms with van der Waals surface area (Å²) in [6.45, 7) is 3.52. The lowest BCUT2D eigenvalue weighted by molar-refractivity contribution is 0.171. The van der Waals surface area contributed by atoms with Crippen LogP contribution in [0.1, 0.15) is 12.1 Å². The van der Waals surface area contributed by atoms with Crippen LogP contribution in [0.2, 0.25) is 0 Å². The lowest BCUT2D eigenvalue weighted by Crippen LogP contribution is -2.31. The summed E-state index contributed by atoms with van der Waals surface area (Å²) in [6.07, 6.45) is 2.11. The van der Waals surface area contributed by atoms with Gasteiger partial charge in [0.1, 0.15) is 25.1 Å². The normalized spacial score (nSPS) is 20.1. The van der Waals surface area contributed by atoms with Gasteiger partial charge in [0.15, 0.2) is 11.5 Å². The van der Waals surface area contributed by atoms with Gasteiger partial charge in [-0.2, -0.15) is 4.31 Å². The molecule has 0 N–H and O–H groups in total. The van der Waals surface area contributed by atoms with E-state index in [9.17, 15) is 8.42 Å². The molecule has 1 aromatic heterocycles. The van der Waals surface area contributed by atoms with E-state index in [2.05, 4.69) is 4.98 Å². The van der Waals surface area contributed by atoms with Crippen molar-refractivity contribution < 1.29 is 22.6 Å². The third-order valence-electron chi connectivity index (χ3n) is 4.45. The minimum absolute atomic E-state index is 0.188. The summed E-state index contributed by atoms with van der Waals surface area (Å²) in [4.78, 5) is 4.40. The van der Waals surface area contributed by atoms with Crippen LogP contribution in [0.3, 0.4) is 0 Å². The third kappa shape index (κ3) is 3.34. The van der Waals surface area contributed by atoms with Gasteiger partial charge in [-0.1, -0.05) is 0 Å². The molecular formula is C18H20N2O5S. The molecule has 2 aromatic rings. The van der Waals surface area contributed by atoms with Crippen LogP contribution in [0.15, 0.2) is 41.4 Å². The van der Waals surface area contributed by atoms with Gasteiger partial charge in [-0.25, -0.2) is 8.42 Å². The van der Waals surface area contributed by atoms with Gasteiger partial charge in [0.2, 0.25) is 10.0 Å². The van der Waals surface area contributed by atoms with E-state index in [1.807, 2.05) is 19.1 Å². The molecule has 0 spiro atoms. The highest BCUT2D eigenvalue weighted by Gasteiger charge is 2.34. The highest BCUT2D eigenvalue weighted by Crippen LogP contribution is 2.34. The maximum atomic E-state index is 12.9. The number of rotatable bonds is 4. The van der Waals surface area contributed by atoms with Crippen molar-refractivity contribution in [2.45, 2.75) is 24.3 Å². The van der Waals surface area contributed by atoms with E-state index in [0.717, 1.165) is 5.69 Å². The zero-order valence-electron chi connectivity index (χ0n) is 14.4. The summed E-state index contributed by atoms with van der Waals surface area (Å²) in [5, 5.41) is 0. The zero-order chi connectivity index (χ0) is 18.1. The number of aromatic nitrogens is 1. The molecule has 7 nitrogen and oxygen atoms in total. The van der Waals surface area contributed by atoms with E-state index in [1.165, 1.54) is 10.4 Å². The van der Waals surface area contributed by atoms with Crippen LogP contribution in [0.25, 0.3) is 0 Å².